The molecule has 98 valence electrons. The highest BCUT2D eigenvalue weighted by molar-refractivity contribution is 5.92. The van der Waals surface area contributed by atoms with Crippen molar-refractivity contribution in [2.24, 2.45) is 5.41 Å². The number of allylic oxidation sites excluding steroid dienone is 5. The van der Waals surface area contributed by atoms with Crippen LogP contribution in [0, 0.1) is 5.41 Å². The Morgan fingerprint density at radius 1 is 1.00 bits per heavy atom. The molecule has 1 nitrogen and oxygen atoms in total. The van der Waals surface area contributed by atoms with Crippen LogP contribution in [0.15, 0.2) is 60.2 Å². The summed E-state index contributed by atoms with van der Waals surface area (Å²) in [5.41, 5.74) is 2.40. The summed E-state index contributed by atoms with van der Waals surface area (Å²) in [5, 5.41) is 0. The maximum atomic E-state index is 11.6. The molecule has 1 aliphatic carbocycles. The van der Waals surface area contributed by atoms with Crippen LogP contribution in [0.1, 0.15) is 32.3 Å². The van der Waals surface area contributed by atoms with Crippen LogP contribution >= 0.6 is 0 Å². The van der Waals surface area contributed by atoms with Crippen molar-refractivity contribution in [1.29, 1.82) is 0 Å². The second-order valence-corrected chi connectivity index (χ2v) is 5.83. The molecule has 1 heteroatoms. The molecule has 0 radical (unpaired) electrons. The molecular formula is C18H20O. The molecule has 0 bridgehead atoms. The fourth-order valence-corrected chi connectivity index (χ4v) is 2.41. The summed E-state index contributed by atoms with van der Waals surface area (Å²) >= 11 is 0. The summed E-state index contributed by atoms with van der Waals surface area (Å²) in [4.78, 5) is 11.6. The van der Waals surface area contributed by atoms with Crippen molar-refractivity contribution >= 4 is 11.9 Å². The first-order valence-corrected chi connectivity index (χ1v) is 6.68. The summed E-state index contributed by atoms with van der Waals surface area (Å²) in [7, 11) is 0. The molecule has 0 fully saturated rings. The lowest BCUT2D eigenvalue weighted by molar-refractivity contribution is -0.116. The van der Waals surface area contributed by atoms with E-state index < -0.39 is 0 Å². The van der Waals surface area contributed by atoms with Gasteiger partial charge in [0.25, 0.3) is 0 Å². The number of carbonyl (C=O) groups is 1. The van der Waals surface area contributed by atoms with E-state index in [1.807, 2.05) is 36.4 Å². The first kappa shape index (κ1) is 13.5. The zero-order valence-electron chi connectivity index (χ0n) is 11.6. The van der Waals surface area contributed by atoms with Crippen molar-refractivity contribution in [1.82, 2.24) is 0 Å². The topological polar surface area (TPSA) is 17.1 Å². The summed E-state index contributed by atoms with van der Waals surface area (Å²) in [6.07, 6.45) is 11.5. The summed E-state index contributed by atoms with van der Waals surface area (Å²) in [6, 6.07) is 10.2. The van der Waals surface area contributed by atoms with Gasteiger partial charge in [-0.15, -0.1) is 0 Å². The molecule has 0 unspecified atom stereocenters. The molecule has 0 spiro atoms. The van der Waals surface area contributed by atoms with Gasteiger partial charge >= 0.3 is 0 Å². The normalized spacial score (nSPS) is 19.1. The lowest BCUT2D eigenvalue weighted by Gasteiger charge is -2.27. The molecule has 0 heterocycles. The Kier molecular flexibility index (Phi) is 4.16. The molecular weight excluding hydrogens is 232 g/mol. The van der Waals surface area contributed by atoms with Gasteiger partial charge in [-0.25, -0.2) is 0 Å². The van der Waals surface area contributed by atoms with E-state index in [2.05, 4.69) is 32.1 Å². The van der Waals surface area contributed by atoms with E-state index >= 15 is 0 Å². The number of rotatable bonds is 3. The Morgan fingerprint density at radius 3 is 2.37 bits per heavy atom. The Morgan fingerprint density at radius 2 is 1.68 bits per heavy atom. The molecule has 1 aromatic rings. The van der Waals surface area contributed by atoms with E-state index in [4.69, 9.17) is 0 Å². The van der Waals surface area contributed by atoms with Crippen LogP contribution in [-0.2, 0) is 4.79 Å². The predicted molar refractivity (Wildman–Crippen MR) is 80.7 cm³/mol. The minimum absolute atomic E-state index is 0.0919. The predicted octanol–water partition coefficient (Wildman–Crippen LogP) is 4.57. The van der Waals surface area contributed by atoms with Crippen LogP contribution in [-0.4, -0.2) is 5.78 Å². The van der Waals surface area contributed by atoms with Crippen LogP contribution in [0.25, 0.3) is 6.08 Å². The molecule has 0 saturated heterocycles. The average molecular weight is 252 g/mol. The zero-order chi connectivity index (χ0) is 13.7. The van der Waals surface area contributed by atoms with Crippen molar-refractivity contribution in [3.8, 4) is 0 Å². The molecule has 0 saturated carbocycles. The van der Waals surface area contributed by atoms with Crippen molar-refractivity contribution < 1.29 is 4.79 Å². The first-order valence-electron chi connectivity index (χ1n) is 6.68. The summed E-state index contributed by atoms with van der Waals surface area (Å²) < 4.78 is 0. The van der Waals surface area contributed by atoms with Crippen molar-refractivity contribution in [3.63, 3.8) is 0 Å². The smallest absolute Gasteiger partial charge is 0.156 e. The fraction of sp³-hybridized carbons (Fsp3) is 0.278. The summed E-state index contributed by atoms with van der Waals surface area (Å²) in [5.74, 6) is 0.239. The Labute approximate surface area is 115 Å². The SMILES string of the molecule is CC1(C)CC(=O)C=C(/C=C/C=C/c2ccccc2)C1. The lowest BCUT2D eigenvalue weighted by atomic mass is 9.77. The average Bonchev–Trinajstić information content (AvgIpc) is 2.33. The van der Waals surface area contributed by atoms with Gasteiger partial charge in [0.15, 0.2) is 5.78 Å². The third-order valence-corrected chi connectivity index (χ3v) is 3.19. The van der Waals surface area contributed by atoms with Crippen molar-refractivity contribution in [2.75, 3.05) is 0 Å². The molecule has 0 N–H and O–H groups in total. The van der Waals surface area contributed by atoms with Gasteiger partial charge in [0.05, 0.1) is 0 Å². The molecule has 0 amide bonds. The highest BCUT2D eigenvalue weighted by Gasteiger charge is 2.26. The van der Waals surface area contributed by atoms with Crippen LogP contribution in [0.2, 0.25) is 0 Å². The largest absolute Gasteiger partial charge is 0.295 e. The van der Waals surface area contributed by atoms with Crippen molar-refractivity contribution in [2.45, 2.75) is 26.7 Å². The minimum Gasteiger partial charge on any atom is -0.295 e. The van der Waals surface area contributed by atoms with Gasteiger partial charge in [-0.3, -0.25) is 4.79 Å². The summed E-state index contributed by atoms with van der Waals surface area (Å²) in [6.45, 7) is 4.29. The van der Waals surface area contributed by atoms with E-state index in [-0.39, 0.29) is 11.2 Å². The zero-order valence-corrected chi connectivity index (χ0v) is 11.6. The number of benzene rings is 1. The van der Waals surface area contributed by atoms with Crippen LogP contribution < -0.4 is 0 Å². The third-order valence-electron chi connectivity index (χ3n) is 3.19. The Balaban J connectivity index is 2.00. The lowest BCUT2D eigenvalue weighted by Crippen LogP contribution is -2.21. The highest BCUT2D eigenvalue weighted by Crippen LogP contribution is 2.33. The third kappa shape index (κ3) is 4.36. The Hall–Kier alpha value is -1.89. The van der Waals surface area contributed by atoms with Gasteiger partial charge < -0.3 is 0 Å². The van der Waals surface area contributed by atoms with E-state index in [1.54, 1.807) is 6.08 Å². The Bertz CT molecular complexity index is 530. The molecule has 1 aliphatic rings. The van der Waals surface area contributed by atoms with Gasteiger partial charge in [-0.1, -0.05) is 68.5 Å². The molecule has 0 aliphatic heterocycles. The van der Waals surface area contributed by atoms with E-state index in [9.17, 15) is 4.79 Å². The maximum Gasteiger partial charge on any atom is 0.156 e. The minimum atomic E-state index is 0.0919. The fourth-order valence-electron chi connectivity index (χ4n) is 2.41. The van der Waals surface area contributed by atoms with Crippen LogP contribution in [0.4, 0.5) is 0 Å². The number of hydrogen-bond acceptors (Lipinski definition) is 1. The maximum absolute atomic E-state index is 11.6. The quantitative estimate of drug-likeness (QED) is 0.720. The van der Waals surface area contributed by atoms with Gasteiger partial charge in [0, 0.05) is 6.42 Å². The number of carbonyl (C=O) groups excluding carboxylic acids is 1. The van der Waals surface area contributed by atoms with E-state index in [1.165, 1.54) is 5.56 Å². The second-order valence-electron chi connectivity index (χ2n) is 5.83. The highest BCUT2D eigenvalue weighted by atomic mass is 16.1. The van der Waals surface area contributed by atoms with Gasteiger partial charge in [-0.2, -0.15) is 0 Å². The van der Waals surface area contributed by atoms with Crippen molar-refractivity contribution in [3.05, 3.63) is 65.8 Å². The monoisotopic (exact) mass is 252 g/mol. The first-order chi connectivity index (χ1) is 9.05. The molecule has 2 rings (SSSR count). The molecule has 1 aromatic carbocycles. The van der Waals surface area contributed by atoms with E-state index in [0.717, 1.165) is 12.0 Å². The van der Waals surface area contributed by atoms with Crippen LogP contribution in [0.3, 0.4) is 0 Å². The van der Waals surface area contributed by atoms with Gasteiger partial charge in [-0.05, 0) is 29.0 Å². The van der Waals surface area contributed by atoms with Crippen LogP contribution in [0.5, 0.6) is 0 Å². The second kappa shape index (κ2) is 5.83. The standard InChI is InChI=1S/C18H20O/c1-18(2)13-16(12-17(19)14-18)11-7-6-10-15-8-4-3-5-9-15/h3-12H,13-14H2,1-2H3/b10-6+,11-7+. The van der Waals surface area contributed by atoms with Gasteiger partial charge in [0.1, 0.15) is 0 Å². The molecule has 0 aromatic heterocycles. The number of ketones is 1. The van der Waals surface area contributed by atoms with Gasteiger partial charge in [0.2, 0.25) is 0 Å². The number of hydrogen-bond donors (Lipinski definition) is 0. The molecule has 0 atom stereocenters. The van der Waals surface area contributed by atoms with E-state index in [0.29, 0.717) is 6.42 Å². The molecule has 19 heavy (non-hydrogen) atoms.